The zero-order valence-corrected chi connectivity index (χ0v) is 13.1. The van der Waals surface area contributed by atoms with E-state index in [1.807, 2.05) is 20.4 Å². The van der Waals surface area contributed by atoms with Crippen LogP contribution in [0, 0.1) is 20.4 Å². The Kier molecular flexibility index (Phi) is 39.4. The third-order valence-corrected chi connectivity index (χ3v) is 0.930. The van der Waals surface area contributed by atoms with Gasteiger partial charge in [-0.05, 0) is 0 Å². The Balaban J connectivity index is -0.0000000600. The summed E-state index contributed by atoms with van der Waals surface area (Å²) in [4.78, 5) is 0. The molecule has 1 N–H and O–H groups in total. The smallest absolute Gasteiger partial charge is 0.493 e. The quantitative estimate of drug-likeness (QED) is 0.782. The van der Waals surface area contributed by atoms with Crippen LogP contribution in [0.15, 0.2) is 0 Å². The fourth-order valence-corrected chi connectivity index (χ4v) is 0.359. The summed E-state index contributed by atoms with van der Waals surface area (Å²) >= 11 is 0. The molecule has 0 aromatic carbocycles. The van der Waals surface area contributed by atoms with Gasteiger partial charge in [0.15, 0.2) is 0 Å². The zero-order valence-electron chi connectivity index (χ0n) is 7.39. The third-order valence-electron chi connectivity index (χ3n) is 0.930. The Morgan fingerprint density at radius 3 is 1.80 bits per heavy atom. The van der Waals surface area contributed by atoms with Gasteiger partial charge >= 0.3 is 32.7 Å². The van der Waals surface area contributed by atoms with E-state index in [2.05, 4.69) is 18.7 Å². The second-order valence-electron chi connectivity index (χ2n) is 1.58. The number of rotatable bonds is 3. The van der Waals surface area contributed by atoms with Crippen LogP contribution in [0.4, 0.5) is 0 Å². The van der Waals surface area contributed by atoms with Crippen molar-refractivity contribution in [2.75, 3.05) is 0 Å². The maximum atomic E-state index is 3.11. The molecule has 55 valence electrons. The summed E-state index contributed by atoms with van der Waals surface area (Å²) in [7, 11) is 0. The van der Waals surface area contributed by atoms with Crippen LogP contribution in [0.25, 0.3) is 0 Å². The van der Waals surface area contributed by atoms with E-state index in [0.717, 1.165) is 0 Å². The molecular weight excluding hydrogens is 276 g/mol. The summed E-state index contributed by atoms with van der Waals surface area (Å²) in [6.07, 6.45) is 2.11. The van der Waals surface area contributed by atoms with E-state index in [0.29, 0.717) is 6.04 Å². The molecule has 0 bridgehead atoms. The van der Waals surface area contributed by atoms with Gasteiger partial charge in [-0.3, -0.25) is 6.54 Å². The standard InChI is InChI=1S/C6H13N.CH3.2Y/c1-4-6(3)7-5-2;;;/h4-7H,1-3H3;1H3;;/q-2;-1;;+3/t6-;;;/m0.../s1. The van der Waals surface area contributed by atoms with Crippen molar-refractivity contribution >= 4 is 0 Å². The number of nitrogens with one attached hydrogen (secondary N) is 1. The molecule has 0 aliphatic heterocycles. The Morgan fingerprint density at radius 2 is 1.70 bits per heavy atom. The van der Waals surface area contributed by atoms with Gasteiger partial charge in [-0.15, -0.1) is 0 Å². The minimum Gasteiger partial charge on any atom is -0.493 e. The van der Waals surface area contributed by atoms with E-state index in [1.165, 1.54) is 0 Å². The SMILES string of the molecule is C[CH-]N[C@@H](C)[CH-]C.[CH3-].[Y+3].[Y]. The van der Waals surface area contributed by atoms with E-state index >= 15 is 0 Å². The van der Waals surface area contributed by atoms with Crippen molar-refractivity contribution in [2.45, 2.75) is 26.8 Å². The van der Waals surface area contributed by atoms with Crippen molar-refractivity contribution in [1.29, 1.82) is 0 Å². The summed E-state index contributed by atoms with van der Waals surface area (Å²) in [5.41, 5.74) is 0. The number of hydrogen-bond acceptors (Lipinski definition) is 1. The minimum absolute atomic E-state index is 0. The summed E-state index contributed by atoms with van der Waals surface area (Å²) in [5, 5.41) is 3.11. The normalized spacial score (nSPS) is 9.90. The summed E-state index contributed by atoms with van der Waals surface area (Å²) in [6.45, 7) is 8.09. The van der Waals surface area contributed by atoms with Gasteiger partial charge in [0.1, 0.15) is 0 Å². The van der Waals surface area contributed by atoms with E-state index in [9.17, 15) is 0 Å². The van der Waals surface area contributed by atoms with Crippen molar-refractivity contribution < 1.29 is 65.4 Å². The van der Waals surface area contributed by atoms with Crippen LogP contribution in [0.2, 0.25) is 0 Å². The predicted molar refractivity (Wildman–Crippen MR) is 39.0 cm³/mol. The van der Waals surface area contributed by atoms with E-state index in [4.69, 9.17) is 0 Å². The number of hydrogen-bond donors (Lipinski definition) is 1. The molecular formula is C7H16NY2. The Labute approximate surface area is 116 Å². The first-order chi connectivity index (χ1) is 3.31. The van der Waals surface area contributed by atoms with Crippen molar-refractivity contribution in [1.82, 2.24) is 5.32 Å². The van der Waals surface area contributed by atoms with Crippen LogP contribution in [0.1, 0.15) is 20.8 Å². The molecule has 0 saturated heterocycles. The first-order valence-electron chi connectivity index (χ1n) is 2.64. The largest absolute Gasteiger partial charge is 3.00 e. The summed E-state index contributed by atoms with van der Waals surface area (Å²) in [6, 6.07) is 0.519. The van der Waals surface area contributed by atoms with E-state index in [1.54, 1.807) is 0 Å². The van der Waals surface area contributed by atoms with Gasteiger partial charge in [0, 0.05) is 32.7 Å². The molecule has 0 aromatic heterocycles. The van der Waals surface area contributed by atoms with Crippen molar-refractivity contribution in [3.05, 3.63) is 20.4 Å². The first kappa shape index (κ1) is 22.7. The van der Waals surface area contributed by atoms with Crippen LogP contribution >= 0.6 is 0 Å². The Morgan fingerprint density at radius 1 is 1.30 bits per heavy atom. The van der Waals surface area contributed by atoms with Crippen LogP contribution in [0.3, 0.4) is 0 Å². The molecule has 0 spiro atoms. The molecule has 0 saturated carbocycles. The molecule has 0 amide bonds. The first-order valence-corrected chi connectivity index (χ1v) is 2.64. The maximum absolute atomic E-state index is 3.11. The monoisotopic (exact) mass is 292 g/mol. The van der Waals surface area contributed by atoms with Crippen LogP contribution in [-0.2, 0) is 65.4 Å². The molecule has 10 heavy (non-hydrogen) atoms. The van der Waals surface area contributed by atoms with Gasteiger partial charge < -0.3 is 19.2 Å². The van der Waals surface area contributed by atoms with Crippen molar-refractivity contribution in [3.8, 4) is 0 Å². The topological polar surface area (TPSA) is 12.0 Å². The summed E-state index contributed by atoms with van der Waals surface area (Å²) < 4.78 is 0. The summed E-state index contributed by atoms with van der Waals surface area (Å²) in [5.74, 6) is 0. The second kappa shape index (κ2) is 17.3. The molecule has 1 atom stereocenters. The van der Waals surface area contributed by atoms with E-state index in [-0.39, 0.29) is 72.8 Å². The average Bonchev–Trinajstić information content (AvgIpc) is 1.68. The molecule has 0 aliphatic rings. The zero-order chi connectivity index (χ0) is 5.70. The van der Waals surface area contributed by atoms with Gasteiger partial charge in [0.05, 0.1) is 0 Å². The molecule has 0 aliphatic carbocycles. The maximum Gasteiger partial charge on any atom is 3.00 e. The van der Waals surface area contributed by atoms with Crippen molar-refractivity contribution in [2.24, 2.45) is 0 Å². The van der Waals surface area contributed by atoms with Gasteiger partial charge in [0.25, 0.3) is 0 Å². The Bertz CT molecular complexity index is 42.6. The van der Waals surface area contributed by atoms with Crippen LogP contribution < -0.4 is 5.32 Å². The molecule has 0 fully saturated rings. The third kappa shape index (κ3) is 16.6. The minimum atomic E-state index is 0. The predicted octanol–water partition coefficient (Wildman–Crippen LogP) is 1.82. The average molecular weight is 292 g/mol. The van der Waals surface area contributed by atoms with Crippen LogP contribution in [-0.4, -0.2) is 6.04 Å². The van der Waals surface area contributed by atoms with Crippen molar-refractivity contribution in [3.63, 3.8) is 0 Å². The fourth-order valence-electron chi connectivity index (χ4n) is 0.359. The molecule has 3 heteroatoms. The molecule has 0 aromatic rings. The molecule has 0 rings (SSSR count). The van der Waals surface area contributed by atoms with Crippen LogP contribution in [0.5, 0.6) is 0 Å². The molecule has 1 nitrogen and oxygen atoms in total. The molecule has 0 unspecified atom stereocenters. The fraction of sp³-hybridized carbons (Fsp3) is 0.571. The molecule has 1 radical (unpaired) electrons. The van der Waals surface area contributed by atoms with E-state index < -0.39 is 0 Å². The van der Waals surface area contributed by atoms with Gasteiger partial charge in [-0.2, -0.15) is 19.9 Å². The second-order valence-corrected chi connectivity index (χ2v) is 1.58. The molecule has 0 heterocycles. The Hall–Kier alpha value is 2.17. The van der Waals surface area contributed by atoms with Gasteiger partial charge in [-0.1, -0.05) is 6.92 Å². The van der Waals surface area contributed by atoms with Gasteiger partial charge in [-0.25, -0.2) is 0 Å². The van der Waals surface area contributed by atoms with Gasteiger partial charge in [0.2, 0.25) is 0 Å².